The van der Waals surface area contributed by atoms with Crippen LogP contribution in [0.15, 0.2) is 0 Å². The van der Waals surface area contributed by atoms with E-state index >= 15 is 0 Å². The Balaban J connectivity index is 2.33. The molecule has 0 amide bonds. The summed E-state index contributed by atoms with van der Waals surface area (Å²) in [6, 6.07) is 0. The Labute approximate surface area is 86.3 Å². The smallest absolute Gasteiger partial charge is 0.203 e. The lowest BCUT2D eigenvalue weighted by Crippen LogP contribution is -2.21. The van der Waals surface area contributed by atoms with Gasteiger partial charge in [-0.2, -0.15) is 0 Å². The molecule has 7 heteroatoms. The van der Waals surface area contributed by atoms with Crippen LogP contribution < -0.4 is 5.73 Å². The molecule has 5 nitrogen and oxygen atoms in total. The summed E-state index contributed by atoms with van der Waals surface area (Å²) in [5.74, 6) is 0.261. The summed E-state index contributed by atoms with van der Waals surface area (Å²) < 4.78 is 23.4. The molecule has 2 rings (SSSR count). The van der Waals surface area contributed by atoms with Gasteiger partial charge in [-0.25, -0.2) is 8.42 Å². The maximum absolute atomic E-state index is 11.7. The lowest BCUT2D eigenvalue weighted by atomic mass is 10.2. The Kier molecular flexibility index (Phi) is 2.44. The average Bonchev–Trinajstić information content (AvgIpc) is 2.51. The molecule has 1 aromatic heterocycles. The first-order valence-corrected chi connectivity index (χ1v) is 6.93. The molecule has 14 heavy (non-hydrogen) atoms. The van der Waals surface area contributed by atoms with Crippen molar-refractivity contribution in [2.75, 3.05) is 11.5 Å². The number of hydrogen-bond donors (Lipinski definition) is 1. The quantitative estimate of drug-likeness (QED) is 0.774. The highest BCUT2D eigenvalue weighted by molar-refractivity contribution is 7.91. The molecule has 2 N–H and O–H groups in total. The lowest BCUT2D eigenvalue weighted by molar-refractivity contribution is 0.544. The second-order valence-electron chi connectivity index (χ2n) is 3.33. The highest BCUT2D eigenvalue weighted by atomic mass is 32.2. The number of anilines is 1. The van der Waals surface area contributed by atoms with E-state index in [0.717, 1.165) is 12.8 Å². The minimum Gasteiger partial charge on any atom is -0.374 e. The van der Waals surface area contributed by atoms with Crippen molar-refractivity contribution in [1.82, 2.24) is 10.2 Å². The third-order valence-corrected chi connectivity index (χ3v) is 5.51. The van der Waals surface area contributed by atoms with Gasteiger partial charge in [0.2, 0.25) is 5.13 Å². The number of sulfone groups is 1. The van der Waals surface area contributed by atoms with Crippen molar-refractivity contribution in [2.45, 2.75) is 24.5 Å². The van der Waals surface area contributed by atoms with E-state index < -0.39 is 15.1 Å². The molecule has 1 saturated heterocycles. The normalized spacial score (nSPS) is 26.1. The molecule has 1 unspecified atom stereocenters. The van der Waals surface area contributed by atoms with Crippen LogP contribution in [0, 0.1) is 0 Å². The van der Waals surface area contributed by atoms with Crippen LogP contribution in [0.3, 0.4) is 0 Å². The monoisotopic (exact) mass is 233 g/mol. The Morgan fingerprint density at radius 3 is 2.71 bits per heavy atom. The van der Waals surface area contributed by atoms with Crippen LogP contribution in [0.5, 0.6) is 0 Å². The van der Waals surface area contributed by atoms with Crippen LogP contribution >= 0.6 is 11.3 Å². The second-order valence-corrected chi connectivity index (χ2v) is 6.67. The molecule has 78 valence electrons. The molecule has 1 fully saturated rings. The van der Waals surface area contributed by atoms with E-state index in [1.54, 1.807) is 0 Å². The second kappa shape index (κ2) is 3.47. The third kappa shape index (κ3) is 1.74. The molecule has 0 spiro atoms. The fourth-order valence-electron chi connectivity index (χ4n) is 1.61. The Morgan fingerprint density at radius 2 is 2.14 bits per heavy atom. The number of nitrogen functional groups attached to an aromatic ring is 1. The average molecular weight is 233 g/mol. The van der Waals surface area contributed by atoms with Gasteiger partial charge in [-0.05, 0) is 12.8 Å². The van der Waals surface area contributed by atoms with Crippen LogP contribution in [0.1, 0.15) is 29.5 Å². The third-order valence-electron chi connectivity index (χ3n) is 2.31. The van der Waals surface area contributed by atoms with Gasteiger partial charge in [-0.3, -0.25) is 0 Å². The standard InChI is InChI=1S/C7H11N3O2S2/c8-7-10-9-6(13-7)5-3-1-2-4-14(5,11)12/h5H,1-4H2,(H2,8,10). The molecule has 1 aliphatic heterocycles. The van der Waals surface area contributed by atoms with E-state index in [-0.39, 0.29) is 5.75 Å². The molecular formula is C7H11N3O2S2. The van der Waals surface area contributed by atoms with Gasteiger partial charge in [0.15, 0.2) is 9.84 Å². The minimum atomic E-state index is -3.01. The first-order valence-electron chi connectivity index (χ1n) is 4.40. The van der Waals surface area contributed by atoms with Gasteiger partial charge in [-0.15, -0.1) is 10.2 Å². The maximum Gasteiger partial charge on any atom is 0.203 e. The molecule has 0 aliphatic carbocycles. The number of nitrogens with two attached hydrogens (primary N) is 1. The van der Waals surface area contributed by atoms with Crippen molar-refractivity contribution < 1.29 is 8.42 Å². The summed E-state index contributed by atoms with van der Waals surface area (Å²) in [5, 5.41) is 7.85. The molecule has 0 saturated carbocycles. The van der Waals surface area contributed by atoms with E-state index in [2.05, 4.69) is 10.2 Å². The fourth-order valence-corrected chi connectivity index (χ4v) is 4.59. The Bertz CT molecular complexity index is 426. The highest BCUT2D eigenvalue weighted by Crippen LogP contribution is 2.35. The summed E-state index contributed by atoms with van der Waals surface area (Å²) >= 11 is 1.17. The first-order chi connectivity index (χ1) is 6.59. The fraction of sp³-hybridized carbons (Fsp3) is 0.714. The molecule has 2 heterocycles. The zero-order chi connectivity index (χ0) is 10.2. The first kappa shape index (κ1) is 9.85. The predicted octanol–water partition coefficient (Wildman–Crippen LogP) is 0.760. The van der Waals surface area contributed by atoms with Gasteiger partial charge in [0.05, 0.1) is 5.75 Å². The molecule has 1 aromatic rings. The van der Waals surface area contributed by atoms with Crippen LogP contribution in [0.2, 0.25) is 0 Å². The zero-order valence-corrected chi connectivity index (χ0v) is 9.14. The van der Waals surface area contributed by atoms with E-state index in [0.29, 0.717) is 16.6 Å². The highest BCUT2D eigenvalue weighted by Gasteiger charge is 2.32. The van der Waals surface area contributed by atoms with Crippen molar-refractivity contribution in [3.8, 4) is 0 Å². The number of nitrogens with zero attached hydrogens (tertiary/aromatic N) is 2. The number of aromatic nitrogens is 2. The summed E-state index contributed by atoms with van der Waals surface area (Å²) in [6.07, 6.45) is 2.34. The van der Waals surface area contributed by atoms with Crippen molar-refractivity contribution in [2.24, 2.45) is 0 Å². The van der Waals surface area contributed by atoms with Crippen LogP contribution in [0.25, 0.3) is 0 Å². The van der Waals surface area contributed by atoms with Crippen LogP contribution in [-0.2, 0) is 9.84 Å². The van der Waals surface area contributed by atoms with Gasteiger partial charge in [-0.1, -0.05) is 17.8 Å². The van der Waals surface area contributed by atoms with Crippen molar-refractivity contribution >= 4 is 26.3 Å². The SMILES string of the molecule is Nc1nnc(C2CCCCS2(=O)=O)s1. The molecule has 1 atom stereocenters. The summed E-state index contributed by atoms with van der Waals surface area (Å²) in [7, 11) is -3.01. The number of rotatable bonds is 1. The Morgan fingerprint density at radius 1 is 1.36 bits per heavy atom. The zero-order valence-electron chi connectivity index (χ0n) is 7.51. The summed E-state index contributed by atoms with van der Waals surface area (Å²) in [5.41, 5.74) is 5.42. The van der Waals surface area contributed by atoms with Crippen molar-refractivity contribution in [3.63, 3.8) is 0 Å². The molecule has 1 aliphatic rings. The predicted molar refractivity (Wildman–Crippen MR) is 54.7 cm³/mol. The molecular weight excluding hydrogens is 222 g/mol. The van der Waals surface area contributed by atoms with E-state index in [9.17, 15) is 8.42 Å². The van der Waals surface area contributed by atoms with Gasteiger partial charge in [0.25, 0.3) is 0 Å². The van der Waals surface area contributed by atoms with Crippen LogP contribution in [0.4, 0.5) is 5.13 Å². The van der Waals surface area contributed by atoms with Gasteiger partial charge in [0, 0.05) is 0 Å². The van der Waals surface area contributed by atoms with Gasteiger partial charge in [0.1, 0.15) is 10.3 Å². The van der Waals surface area contributed by atoms with Crippen molar-refractivity contribution in [1.29, 1.82) is 0 Å². The summed E-state index contributed by atoms with van der Waals surface area (Å²) in [4.78, 5) is 0. The maximum atomic E-state index is 11.7. The van der Waals surface area contributed by atoms with Crippen LogP contribution in [-0.4, -0.2) is 24.4 Å². The number of hydrogen-bond acceptors (Lipinski definition) is 6. The molecule has 0 aromatic carbocycles. The van der Waals surface area contributed by atoms with Gasteiger partial charge >= 0.3 is 0 Å². The molecule has 0 bridgehead atoms. The summed E-state index contributed by atoms with van der Waals surface area (Å²) in [6.45, 7) is 0. The van der Waals surface area contributed by atoms with Gasteiger partial charge < -0.3 is 5.73 Å². The van der Waals surface area contributed by atoms with E-state index in [4.69, 9.17) is 5.73 Å². The minimum absolute atomic E-state index is 0.261. The Hall–Kier alpha value is -0.690. The topological polar surface area (TPSA) is 85.9 Å². The lowest BCUT2D eigenvalue weighted by Gasteiger charge is -2.19. The van der Waals surface area contributed by atoms with Crippen molar-refractivity contribution in [3.05, 3.63) is 5.01 Å². The molecule has 0 radical (unpaired) electrons. The van der Waals surface area contributed by atoms with E-state index in [1.807, 2.05) is 0 Å². The van der Waals surface area contributed by atoms with E-state index in [1.165, 1.54) is 11.3 Å². The largest absolute Gasteiger partial charge is 0.374 e.